The van der Waals surface area contributed by atoms with Crippen LogP contribution in [0.3, 0.4) is 0 Å². The van der Waals surface area contributed by atoms with E-state index in [9.17, 15) is 4.39 Å². The summed E-state index contributed by atoms with van der Waals surface area (Å²) in [5, 5.41) is 0. The minimum absolute atomic E-state index is 0.0568. The van der Waals surface area contributed by atoms with Crippen LogP contribution in [0.15, 0.2) is 47.1 Å². The Morgan fingerprint density at radius 1 is 1.26 bits per heavy atom. The van der Waals surface area contributed by atoms with Crippen LogP contribution in [0.2, 0.25) is 0 Å². The molecule has 0 aliphatic rings. The monoisotopic (exact) mass is 323 g/mol. The smallest absolute Gasteiger partial charge is 0.126 e. The molecule has 1 heterocycles. The van der Waals surface area contributed by atoms with Gasteiger partial charge in [0.05, 0.1) is 0 Å². The fourth-order valence-electron chi connectivity index (χ4n) is 1.93. The summed E-state index contributed by atoms with van der Waals surface area (Å²) in [5.41, 5.74) is 4.29. The fraction of sp³-hybridized carbons (Fsp3) is 0.214. The zero-order valence-corrected chi connectivity index (χ0v) is 11.9. The second kappa shape index (κ2) is 6.75. The molecule has 1 atom stereocenters. The number of rotatable bonds is 5. The van der Waals surface area contributed by atoms with Crippen LogP contribution in [-0.2, 0) is 12.8 Å². The molecule has 1 aromatic heterocycles. The van der Waals surface area contributed by atoms with Crippen molar-refractivity contribution in [3.05, 3.63) is 64.1 Å². The van der Waals surface area contributed by atoms with E-state index in [4.69, 9.17) is 5.84 Å². The molecule has 3 N–H and O–H groups in total. The first-order valence-corrected chi connectivity index (χ1v) is 6.78. The third-order valence-electron chi connectivity index (χ3n) is 2.89. The molecule has 2 aromatic rings. The maximum absolute atomic E-state index is 13.7. The molecule has 2 rings (SSSR count). The number of hydrogen-bond acceptors (Lipinski definition) is 3. The summed E-state index contributed by atoms with van der Waals surface area (Å²) < 4.78 is 14.6. The molecule has 19 heavy (non-hydrogen) atoms. The molecule has 1 unspecified atom stereocenters. The molecule has 5 heteroatoms. The maximum atomic E-state index is 13.7. The van der Waals surface area contributed by atoms with Crippen molar-refractivity contribution >= 4 is 15.9 Å². The highest BCUT2D eigenvalue weighted by Gasteiger charge is 2.12. The lowest BCUT2D eigenvalue weighted by atomic mass is 10.0. The van der Waals surface area contributed by atoms with Crippen LogP contribution < -0.4 is 11.3 Å². The summed E-state index contributed by atoms with van der Waals surface area (Å²) >= 11 is 3.34. The second-order valence-corrected chi connectivity index (χ2v) is 5.24. The van der Waals surface area contributed by atoms with Crippen LogP contribution in [0, 0.1) is 5.82 Å². The molecule has 100 valence electrons. The number of halogens is 2. The Labute approximate surface area is 120 Å². The van der Waals surface area contributed by atoms with Gasteiger partial charge in [0, 0.05) is 28.8 Å². The van der Waals surface area contributed by atoms with Gasteiger partial charge in [0.25, 0.3) is 0 Å². The molecule has 0 bridgehead atoms. The highest BCUT2D eigenvalue weighted by atomic mass is 79.9. The minimum atomic E-state index is -0.218. The van der Waals surface area contributed by atoms with Gasteiger partial charge in [-0.1, -0.05) is 22.0 Å². The maximum Gasteiger partial charge on any atom is 0.126 e. The Morgan fingerprint density at radius 2 is 2.11 bits per heavy atom. The van der Waals surface area contributed by atoms with E-state index in [1.165, 1.54) is 6.07 Å². The first kappa shape index (κ1) is 14.1. The van der Waals surface area contributed by atoms with Crippen LogP contribution in [0.4, 0.5) is 4.39 Å². The predicted molar refractivity (Wildman–Crippen MR) is 76.9 cm³/mol. The van der Waals surface area contributed by atoms with Gasteiger partial charge in [0.15, 0.2) is 0 Å². The molecule has 0 fully saturated rings. The molecular formula is C14H15BrFN3. The van der Waals surface area contributed by atoms with Gasteiger partial charge in [-0.05, 0) is 42.3 Å². The molecule has 3 nitrogen and oxygen atoms in total. The lowest BCUT2D eigenvalue weighted by Gasteiger charge is -2.16. The molecule has 0 saturated heterocycles. The van der Waals surface area contributed by atoms with Gasteiger partial charge in [-0.25, -0.2) is 4.39 Å². The molecule has 0 aliphatic heterocycles. The Bertz CT molecular complexity index is 533. The lowest BCUT2D eigenvalue weighted by Crippen LogP contribution is -2.38. The zero-order chi connectivity index (χ0) is 13.7. The van der Waals surface area contributed by atoms with Gasteiger partial charge in [-0.3, -0.25) is 16.3 Å². The van der Waals surface area contributed by atoms with Crippen LogP contribution >= 0.6 is 15.9 Å². The third kappa shape index (κ3) is 4.09. The van der Waals surface area contributed by atoms with E-state index >= 15 is 0 Å². The van der Waals surface area contributed by atoms with Crippen LogP contribution in [0.5, 0.6) is 0 Å². The van der Waals surface area contributed by atoms with Crippen molar-refractivity contribution in [2.75, 3.05) is 0 Å². The Hall–Kier alpha value is -1.30. The van der Waals surface area contributed by atoms with Crippen LogP contribution in [0.1, 0.15) is 11.3 Å². The number of nitrogens with zero attached hydrogens (tertiary/aromatic N) is 1. The van der Waals surface area contributed by atoms with Crippen molar-refractivity contribution in [1.29, 1.82) is 0 Å². The zero-order valence-electron chi connectivity index (χ0n) is 10.3. The topological polar surface area (TPSA) is 50.9 Å². The molecule has 0 aliphatic carbocycles. The van der Waals surface area contributed by atoms with E-state index in [-0.39, 0.29) is 11.9 Å². The highest BCUT2D eigenvalue weighted by molar-refractivity contribution is 9.10. The van der Waals surface area contributed by atoms with Crippen molar-refractivity contribution in [1.82, 2.24) is 10.4 Å². The van der Waals surface area contributed by atoms with E-state index in [1.807, 2.05) is 18.2 Å². The first-order valence-electron chi connectivity index (χ1n) is 5.99. The standard InChI is InChI=1S/C14H15BrFN3/c15-11-4-5-14(16)10(7-11)8-13(19-17)9-12-3-1-2-6-18-12/h1-7,13,19H,8-9,17H2. The fourth-order valence-corrected chi connectivity index (χ4v) is 2.34. The van der Waals surface area contributed by atoms with Gasteiger partial charge >= 0.3 is 0 Å². The van der Waals surface area contributed by atoms with Crippen LogP contribution in [-0.4, -0.2) is 11.0 Å². The first-order chi connectivity index (χ1) is 9.19. The summed E-state index contributed by atoms with van der Waals surface area (Å²) in [5.74, 6) is 5.33. The summed E-state index contributed by atoms with van der Waals surface area (Å²) in [4.78, 5) is 4.25. The summed E-state index contributed by atoms with van der Waals surface area (Å²) in [6.07, 6.45) is 2.91. The predicted octanol–water partition coefficient (Wildman–Crippen LogP) is 2.60. The quantitative estimate of drug-likeness (QED) is 0.657. The van der Waals surface area contributed by atoms with Crippen molar-refractivity contribution < 1.29 is 4.39 Å². The Balaban J connectivity index is 2.09. The molecule has 0 spiro atoms. The summed E-state index contributed by atoms with van der Waals surface area (Å²) in [6.45, 7) is 0. The van der Waals surface area contributed by atoms with E-state index in [1.54, 1.807) is 18.3 Å². The summed E-state index contributed by atoms with van der Waals surface area (Å²) in [7, 11) is 0. The number of aromatic nitrogens is 1. The number of nitrogens with two attached hydrogens (primary N) is 1. The molecule has 1 aromatic carbocycles. The summed E-state index contributed by atoms with van der Waals surface area (Å²) in [6, 6.07) is 10.6. The van der Waals surface area contributed by atoms with E-state index in [0.29, 0.717) is 18.4 Å². The number of hydrogen-bond donors (Lipinski definition) is 2. The molecule has 0 amide bonds. The Kier molecular flexibility index (Phi) is 5.01. The third-order valence-corrected chi connectivity index (χ3v) is 3.38. The largest absolute Gasteiger partial charge is 0.271 e. The Morgan fingerprint density at radius 3 is 2.79 bits per heavy atom. The molecule has 0 radical (unpaired) electrons. The van der Waals surface area contributed by atoms with Gasteiger partial charge < -0.3 is 0 Å². The van der Waals surface area contributed by atoms with Crippen molar-refractivity contribution in [3.63, 3.8) is 0 Å². The normalized spacial score (nSPS) is 12.4. The van der Waals surface area contributed by atoms with Gasteiger partial charge in [-0.2, -0.15) is 0 Å². The molecular weight excluding hydrogens is 309 g/mol. The van der Waals surface area contributed by atoms with Crippen molar-refractivity contribution in [2.24, 2.45) is 5.84 Å². The minimum Gasteiger partial charge on any atom is -0.271 e. The molecule has 0 saturated carbocycles. The van der Waals surface area contributed by atoms with E-state index < -0.39 is 0 Å². The van der Waals surface area contributed by atoms with Gasteiger partial charge in [0.1, 0.15) is 5.82 Å². The average Bonchev–Trinajstić information content (AvgIpc) is 2.43. The number of hydrazine groups is 1. The second-order valence-electron chi connectivity index (χ2n) is 4.33. The number of nitrogens with one attached hydrogen (secondary N) is 1. The van der Waals surface area contributed by atoms with Crippen molar-refractivity contribution in [2.45, 2.75) is 18.9 Å². The lowest BCUT2D eigenvalue weighted by molar-refractivity contribution is 0.502. The van der Waals surface area contributed by atoms with E-state index in [0.717, 1.165) is 10.2 Å². The van der Waals surface area contributed by atoms with Crippen LogP contribution in [0.25, 0.3) is 0 Å². The van der Waals surface area contributed by atoms with Crippen molar-refractivity contribution in [3.8, 4) is 0 Å². The number of pyridine rings is 1. The average molecular weight is 324 g/mol. The SMILES string of the molecule is NNC(Cc1ccccn1)Cc1cc(Br)ccc1F. The van der Waals surface area contributed by atoms with Gasteiger partial charge in [-0.15, -0.1) is 0 Å². The van der Waals surface area contributed by atoms with E-state index in [2.05, 4.69) is 26.3 Å². The van der Waals surface area contributed by atoms with Gasteiger partial charge in [0.2, 0.25) is 0 Å². The number of benzene rings is 1. The highest BCUT2D eigenvalue weighted by Crippen LogP contribution is 2.17.